The fourth-order valence-corrected chi connectivity index (χ4v) is 2.66. The minimum absolute atomic E-state index is 0.117. The molecule has 2 unspecified atom stereocenters. The van der Waals surface area contributed by atoms with Gasteiger partial charge in [0.05, 0.1) is 25.4 Å². The first kappa shape index (κ1) is 15.1. The highest BCUT2D eigenvalue weighted by Crippen LogP contribution is 2.32. The molecule has 0 aromatic heterocycles. The number of aliphatic hydroxyl groups is 1. The quantitative estimate of drug-likeness (QED) is 0.870. The summed E-state index contributed by atoms with van der Waals surface area (Å²) >= 11 is 0. The van der Waals surface area contributed by atoms with Crippen molar-refractivity contribution in [1.82, 2.24) is 0 Å². The van der Waals surface area contributed by atoms with Crippen LogP contribution in [0.3, 0.4) is 0 Å². The third kappa shape index (κ3) is 3.44. The van der Waals surface area contributed by atoms with Crippen LogP contribution in [0, 0.1) is 5.92 Å². The summed E-state index contributed by atoms with van der Waals surface area (Å²) in [5.74, 6) is 1.29. The van der Waals surface area contributed by atoms with Crippen LogP contribution in [-0.4, -0.2) is 37.1 Å². The summed E-state index contributed by atoms with van der Waals surface area (Å²) in [6.07, 6.45) is 1.84. The first-order valence-electron chi connectivity index (χ1n) is 7.23. The maximum absolute atomic E-state index is 9.86. The van der Waals surface area contributed by atoms with Crippen LogP contribution in [0.4, 0.5) is 5.69 Å². The van der Waals surface area contributed by atoms with Crippen molar-refractivity contribution in [2.45, 2.75) is 38.3 Å². The molecule has 2 rings (SSSR count). The second kappa shape index (κ2) is 6.46. The molecule has 0 bridgehead atoms. The number of ether oxygens (including phenoxy) is 2. The normalized spacial score (nSPS) is 26.6. The van der Waals surface area contributed by atoms with Crippen LogP contribution in [0.15, 0.2) is 24.3 Å². The standard InChI is InChI=1S/C16H25NO3/c1-12(2)15-10-16(11-18,8-9-20-15)17-13-4-6-14(19-3)7-5-13/h4-7,12,15,17-18H,8-11H2,1-3H3. The minimum atomic E-state index is -0.290. The molecule has 1 heterocycles. The Morgan fingerprint density at radius 1 is 1.40 bits per heavy atom. The molecular formula is C16H25NO3. The van der Waals surface area contributed by atoms with Gasteiger partial charge in [0.25, 0.3) is 0 Å². The van der Waals surface area contributed by atoms with Crippen LogP contribution in [0.1, 0.15) is 26.7 Å². The predicted octanol–water partition coefficient (Wildman–Crippen LogP) is 2.67. The number of anilines is 1. The van der Waals surface area contributed by atoms with Crippen molar-refractivity contribution in [2.24, 2.45) is 5.92 Å². The van der Waals surface area contributed by atoms with Crippen molar-refractivity contribution in [3.8, 4) is 5.75 Å². The lowest BCUT2D eigenvalue weighted by Crippen LogP contribution is -2.50. The lowest BCUT2D eigenvalue weighted by molar-refractivity contribution is -0.0481. The third-order valence-corrected chi connectivity index (χ3v) is 4.05. The van der Waals surface area contributed by atoms with Crippen LogP contribution in [-0.2, 0) is 4.74 Å². The minimum Gasteiger partial charge on any atom is -0.497 e. The molecule has 1 aromatic carbocycles. The Balaban J connectivity index is 2.09. The molecule has 0 aliphatic carbocycles. The molecule has 112 valence electrons. The van der Waals surface area contributed by atoms with Crippen molar-refractivity contribution in [2.75, 3.05) is 25.6 Å². The van der Waals surface area contributed by atoms with Gasteiger partial charge in [-0.25, -0.2) is 0 Å². The second-order valence-electron chi connectivity index (χ2n) is 5.90. The molecule has 4 nitrogen and oxygen atoms in total. The zero-order valence-corrected chi connectivity index (χ0v) is 12.6. The van der Waals surface area contributed by atoms with E-state index in [-0.39, 0.29) is 18.2 Å². The van der Waals surface area contributed by atoms with Gasteiger partial charge < -0.3 is 19.9 Å². The van der Waals surface area contributed by atoms with E-state index in [2.05, 4.69) is 19.2 Å². The fourth-order valence-electron chi connectivity index (χ4n) is 2.66. The molecule has 1 aliphatic heterocycles. The maximum Gasteiger partial charge on any atom is 0.119 e. The van der Waals surface area contributed by atoms with Gasteiger partial charge in [0.15, 0.2) is 0 Å². The number of methoxy groups -OCH3 is 1. The van der Waals surface area contributed by atoms with E-state index in [1.165, 1.54) is 0 Å². The van der Waals surface area contributed by atoms with E-state index in [9.17, 15) is 5.11 Å². The van der Waals surface area contributed by atoms with Gasteiger partial charge in [-0.3, -0.25) is 0 Å². The van der Waals surface area contributed by atoms with Crippen molar-refractivity contribution in [3.05, 3.63) is 24.3 Å². The lowest BCUT2D eigenvalue weighted by atomic mass is 9.83. The topological polar surface area (TPSA) is 50.7 Å². The molecule has 0 amide bonds. The van der Waals surface area contributed by atoms with E-state index in [4.69, 9.17) is 9.47 Å². The molecule has 0 saturated carbocycles. The van der Waals surface area contributed by atoms with Crippen molar-refractivity contribution in [3.63, 3.8) is 0 Å². The maximum atomic E-state index is 9.86. The lowest BCUT2D eigenvalue weighted by Gasteiger charge is -2.42. The number of nitrogens with one attached hydrogen (secondary N) is 1. The van der Waals surface area contributed by atoms with E-state index >= 15 is 0 Å². The summed E-state index contributed by atoms with van der Waals surface area (Å²) in [5, 5.41) is 13.4. The van der Waals surface area contributed by atoms with Crippen LogP contribution in [0.2, 0.25) is 0 Å². The van der Waals surface area contributed by atoms with Crippen LogP contribution < -0.4 is 10.1 Å². The molecule has 1 aliphatic rings. The Labute approximate surface area is 121 Å². The number of hydrogen-bond acceptors (Lipinski definition) is 4. The highest BCUT2D eigenvalue weighted by molar-refractivity contribution is 5.48. The van der Waals surface area contributed by atoms with Crippen molar-refractivity contribution >= 4 is 5.69 Å². The average Bonchev–Trinajstić information content (AvgIpc) is 2.48. The van der Waals surface area contributed by atoms with E-state index in [0.717, 1.165) is 24.3 Å². The Morgan fingerprint density at radius 3 is 2.65 bits per heavy atom. The molecule has 1 aromatic rings. The highest BCUT2D eigenvalue weighted by atomic mass is 16.5. The summed E-state index contributed by atoms with van der Waals surface area (Å²) in [5.41, 5.74) is 0.714. The average molecular weight is 279 g/mol. The number of aliphatic hydroxyl groups excluding tert-OH is 1. The predicted molar refractivity (Wildman–Crippen MR) is 80.2 cm³/mol. The molecule has 2 atom stereocenters. The summed E-state index contributed by atoms with van der Waals surface area (Å²) in [7, 11) is 1.66. The van der Waals surface area contributed by atoms with Crippen molar-refractivity contribution < 1.29 is 14.6 Å². The molecule has 0 spiro atoms. The Bertz CT molecular complexity index is 418. The van der Waals surface area contributed by atoms with E-state index in [1.54, 1.807) is 7.11 Å². The Hall–Kier alpha value is -1.26. The smallest absolute Gasteiger partial charge is 0.119 e. The largest absolute Gasteiger partial charge is 0.497 e. The van der Waals surface area contributed by atoms with Crippen LogP contribution >= 0.6 is 0 Å². The summed E-state index contributed by atoms with van der Waals surface area (Å²) in [6, 6.07) is 7.81. The van der Waals surface area contributed by atoms with Gasteiger partial charge in [-0.15, -0.1) is 0 Å². The van der Waals surface area contributed by atoms with E-state index < -0.39 is 0 Å². The molecule has 1 saturated heterocycles. The first-order chi connectivity index (χ1) is 9.58. The fraction of sp³-hybridized carbons (Fsp3) is 0.625. The van der Waals surface area contributed by atoms with Crippen molar-refractivity contribution in [1.29, 1.82) is 0 Å². The van der Waals surface area contributed by atoms with Gasteiger partial charge >= 0.3 is 0 Å². The number of hydrogen-bond donors (Lipinski definition) is 2. The zero-order chi connectivity index (χ0) is 14.6. The Kier molecular flexibility index (Phi) is 4.89. The van der Waals surface area contributed by atoms with Crippen LogP contribution in [0.25, 0.3) is 0 Å². The SMILES string of the molecule is COc1ccc(NC2(CO)CCOC(C(C)C)C2)cc1. The highest BCUT2D eigenvalue weighted by Gasteiger charge is 2.37. The number of benzene rings is 1. The van der Waals surface area contributed by atoms with Crippen LogP contribution in [0.5, 0.6) is 5.75 Å². The molecule has 2 N–H and O–H groups in total. The summed E-state index contributed by atoms with van der Waals surface area (Å²) in [4.78, 5) is 0. The third-order valence-electron chi connectivity index (χ3n) is 4.05. The van der Waals surface area contributed by atoms with Gasteiger partial charge in [-0.1, -0.05) is 13.8 Å². The molecule has 0 radical (unpaired) electrons. The van der Waals surface area contributed by atoms with Gasteiger partial charge in [0.1, 0.15) is 5.75 Å². The molecule has 20 heavy (non-hydrogen) atoms. The first-order valence-corrected chi connectivity index (χ1v) is 7.23. The summed E-state index contributed by atoms with van der Waals surface area (Å²) < 4.78 is 11.0. The molecule has 1 fully saturated rings. The van der Waals surface area contributed by atoms with Gasteiger partial charge in [0, 0.05) is 12.3 Å². The van der Waals surface area contributed by atoms with Gasteiger partial charge in [0.2, 0.25) is 0 Å². The van der Waals surface area contributed by atoms with Gasteiger partial charge in [-0.2, -0.15) is 0 Å². The number of rotatable bonds is 5. The molecular weight excluding hydrogens is 254 g/mol. The zero-order valence-electron chi connectivity index (χ0n) is 12.6. The van der Waals surface area contributed by atoms with E-state index in [1.807, 2.05) is 24.3 Å². The molecule has 4 heteroatoms. The van der Waals surface area contributed by atoms with E-state index in [0.29, 0.717) is 12.5 Å². The van der Waals surface area contributed by atoms with Gasteiger partial charge in [-0.05, 0) is 43.0 Å². The Morgan fingerprint density at radius 2 is 2.10 bits per heavy atom. The monoisotopic (exact) mass is 279 g/mol. The summed E-state index contributed by atoms with van der Waals surface area (Å²) in [6.45, 7) is 5.12. The second-order valence-corrected chi connectivity index (χ2v) is 5.90.